The van der Waals surface area contributed by atoms with Crippen molar-refractivity contribution in [1.29, 1.82) is 0 Å². The molecule has 1 aromatic heterocycles. The van der Waals surface area contributed by atoms with Crippen LogP contribution in [0.4, 0.5) is 11.4 Å². The van der Waals surface area contributed by atoms with Crippen LogP contribution < -0.4 is 10.6 Å². The highest BCUT2D eigenvalue weighted by atomic mass is 16.5. The van der Waals surface area contributed by atoms with Crippen molar-refractivity contribution in [3.63, 3.8) is 0 Å². The number of hydrogen-bond donors (Lipinski definition) is 2. The fourth-order valence-electron chi connectivity index (χ4n) is 2.11. The number of benzene rings is 1. The minimum atomic E-state index is 0.0857. The van der Waals surface area contributed by atoms with E-state index in [-0.39, 0.29) is 6.61 Å². The number of pyridine rings is 1. The first kappa shape index (κ1) is 13.6. The molecule has 0 saturated heterocycles. The summed E-state index contributed by atoms with van der Waals surface area (Å²) in [5.74, 6) is 0. The molecule has 19 heavy (non-hydrogen) atoms. The van der Waals surface area contributed by atoms with Crippen LogP contribution in [-0.4, -0.2) is 43.5 Å². The molecule has 1 aromatic carbocycles. The molecule has 0 aliphatic carbocycles. The van der Waals surface area contributed by atoms with Crippen LogP contribution in [0.5, 0.6) is 0 Å². The Hall–Kier alpha value is -1.85. The maximum atomic E-state index is 9.20. The molecule has 0 atom stereocenters. The summed E-state index contributed by atoms with van der Waals surface area (Å²) >= 11 is 0. The van der Waals surface area contributed by atoms with Gasteiger partial charge in [0.2, 0.25) is 0 Å². The number of aliphatic hydroxyl groups excluding tert-OH is 1. The summed E-state index contributed by atoms with van der Waals surface area (Å²) in [6.07, 6.45) is 1.75. The minimum Gasteiger partial charge on any atom is -0.398 e. The largest absolute Gasteiger partial charge is 0.398 e. The molecule has 0 bridgehead atoms. The van der Waals surface area contributed by atoms with E-state index in [4.69, 9.17) is 10.5 Å². The van der Waals surface area contributed by atoms with Crippen LogP contribution >= 0.6 is 0 Å². The molecule has 0 amide bonds. The van der Waals surface area contributed by atoms with Gasteiger partial charge in [0, 0.05) is 37.5 Å². The van der Waals surface area contributed by atoms with Gasteiger partial charge < -0.3 is 20.5 Å². The number of rotatable bonds is 6. The predicted octanol–water partition coefficient (Wildman–Crippen LogP) is 1.26. The first-order valence-corrected chi connectivity index (χ1v) is 6.26. The normalized spacial score (nSPS) is 10.8. The van der Waals surface area contributed by atoms with E-state index in [0.717, 1.165) is 16.6 Å². The van der Waals surface area contributed by atoms with Gasteiger partial charge in [-0.2, -0.15) is 0 Å². The van der Waals surface area contributed by atoms with Crippen LogP contribution in [-0.2, 0) is 4.74 Å². The molecular formula is C14H19N3O2. The maximum Gasteiger partial charge on any atom is 0.0955 e. The topological polar surface area (TPSA) is 71.6 Å². The van der Waals surface area contributed by atoms with Gasteiger partial charge in [-0.05, 0) is 24.3 Å². The summed E-state index contributed by atoms with van der Waals surface area (Å²) in [4.78, 5) is 6.46. The molecule has 1 heterocycles. The highest BCUT2D eigenvalue weighted by Crippen LogP contribution is 2.28. The zero-order valence-corrected chi connectivity index (χ0v) is 11.0. The highest BCUT2D eigenvalue weighted by Gasteiger charge is 2.11. The van der Waals surface area contributed by atoms with Gasteiger partial charge in [0.15, 0.2) is 0 Å². The summed E-state index contributed by atoms with van der Waals surface area (Å²) in [5.41, 5.74) is 8.50. The summed E-state index contributed by atoms with van der Waals surface area (Å²) in [7, 11) is 1.66. The van der Waals surface area contributed by atoms with E-state index in [1.165, 1.54) is 0 Å². The van der Waals surface area contributed by atoms with Crippen LogP contribution in [0.25, 0.3) is 10.9 Å². The molecule has 0 radical (unpaired) electrons. The van der Waals surface area contributed by atoms with Crippen LogP contribution in [0.3, 0.4) is 0 Å². The molecule has 3 N–H and O–H groups in total. The number of hydrogen-bond acceptors (Lipinski definition) is 5. The molecule has 0 fully saturated rings. The second-order valence-corrected chi connectivity index (χ2v) is 4.28. The van der Waals surface area contributed by atoms with Gasteiger partial charge in [-0.3, -0.25) is 4.98 Å². The van der Waals surface area contributed by atoms with Crippen molar-refractivity contribution in [1.82, 2.24) is 4.98 Å². The zero-order valence-electron chi connectivity index (χ0n) is 11.0. The van der Waals surface area contributed by atoms with Gasteiger partial charge >= 0.3 is 0 Å². The Bertz CT molecular complexity index is 545. The van der Waals surface area contributed by atoms with Crippen molar-refractivity contribution in [3.8, 4) is 0 Å². The standard InChI is InChI=1S/C14H19N3O2/c1-19-10-8-17(7-9-18)13-5-4-12(15)11-3-2-6-16-14(11)13/h2-6,18H,7-10,15H2,1H3. The van der Waals surface area contributed by atoms with Gasteiger partial charge in [0.05, 0.1) is 24.4 Å². The molecule has 5 nitrogen and oxygen atoms in total. The first-order valence-electron chi connectivity index (χ1n) is 6.26. The molecule has 0 aliphatic rings. The summed E-state index contributed by atoms with van der Waals surface area (Å²) in [5, 5.41) is 10.1. The van der Waals surface area contributed by atoms with Crippen LogP contribution in [0, 0.1) is 0 Å². The molecule has 2 rings (SSSR count). The van der Waals surface area contributed by atoms with Crippen molar-refractivity contribution in [3.05, 3.63) is 30.5 Å². The third-order valence-corrected chi connectivity index (χ3v) is 3.06. The number of ether oxygens (including phenoxy) is 1. The SMILES string of the molecule is COCCN(CCO)c1ccc(N)c2cccnc12. The molecule has 2 aromatic rings. The lowest BCUT2D eigenvalue weighted by Gasteiger charge is -2.24. The molecular weight excluding hydrogens is 242 g/mol. The van der Waals surface area contributed by atoms with E-state index < -0.39 is 0 Å². The fraction of sp³-hybridized carbons (Fsp3) is 0.357. The van der Waals surface area contributed by atoms with E-state index in [2.05, 4.69) is 9.88 Å². The Balaban J connectivity index is 2.44. The number of nitrogens with two attached hydrogens (primary N) is 1. The average molecular weight is 261 g/mol. The van der Waals surface area contributed by atoms with E-state index in [0.29, 0.717) is 25.4 Å². The number of aromatic nitrogens is 1. The fourth-order valence-corrected chi connectivity index (χ4v) is 2.11. The third-order valence-electron chi connectivity index (χ3n) is 3.06. The van der Waals surface area contributed by atoms with Gasteiger partial charge in [0.25, 0.3) is 0 Å². The van der Waals surface area contributed by atoms with E-state index in [1.807, 2.05) is 24.3 Å². The Morgan fingerprint density at radius 3 is 2.89 bits per heavy atom. The zero-order chi connectivity index (χ0) is 13.7. The lowest BCUT2D eigenvalue weighted by molar-refractivity contribution is 0.203. The summed E-state index contributed by atoms with van der Waals surface area (Å²) in [6, 6.07) is 7.63. The number of aliphatic hydroxyl groups is 1. The van der Waals surface area contributed by atoms with Crippen molar-refractivity contribution < 1.29 is 9.84 Å². The molecule has 0 spiro atoms. The summed E-state index contributed by atoms with van der Waals surface area (Å²) < 4.78 is 5.11. The van der Waals surface area contributed by atoms with Gasteiger partial charge in [-0.15, -0.1) is 0 Å². The Morgan fingerprint density at radius 1 is 1.32 bits per heavy atom. The molecule has 102 valence electrons. The summed E-state index contributed by atoms with van der Waals surface area (Å²) in [6.45, 7) is 1.92. The van der Waals surface area contributed by atoms with Crippen LogP contribution in [0.1, 0.15) is 0 Å². The quantitative estimate of drug-likeness (QED) is 0.766. The second-order valence-electron chi connectivity index (χ2n) is 4.28. The smallest absolute Gasteiger partial charge is 0.0955 e. The van der Waals surface area contributed by atoms with E-state index >= 15 is 0 Å². The van der Waals surface area contributed by atoms with Gasteiger partial charge in [0.1, 0.15) is 0 Å². The lowest BCUT2D eigenvalue weighted by atomic mass is 10.1. The Morgan fingerprint density at radius 2 is 2.16 bits per heavy atom. The predicted molar refractivity (Wildman–Crippen MR) is 77.3 cm³/mol. The molecule has 0 unspecified atom stereocenters. The second kappa shape index (κ2) is 6.36. The van der Waals surface area contributed by atoms with Crippen molar-refractivity contribution in [2.45, 2.75) is 0 Å². The number of methoxy groups -OCH3 is 1. The van der Waals surface area contributed by atoms with Crippen LogP contribution in [0.2, 0.25) is 0 Å². The van der Waals surface area contributed by atoms with Crippen molar-refractivity contribution >= 4 is 22.3 Å². The number of anilines is 2. The maximum absolute atomic E-state index is 9.20. The van der Waals surface area contributed by atoms with Crippen molar-refractivity contribution in [2.75, 3.05) is 44.0 Å². The van der Waals surface area contributed by atoms with Gasteiger partial charge in [-0.1, -0.05) is 0 Å². The lowest BCUT2D eigenvalue weighted by Crippen LogP contribution is -2.30. The minimum absolute atomic E-state index is 0.0857. The van der Waals surface area contributed by atoms with Crippen LogP contribution in [0.15, 0.2) is 30.5 Å². The highest BCUT2D eigenvalue weighted by molar-refractivity contribution is 5.98. The Kier molecular flexibility index (Phi) is 4.54. The van der Waals surface area contributed by atoms with Gasteiger partial charge in [-0.25, -0.2) is 0 Å². The number of fused-ring (bicyclic) bond motifs is 1. The molecule has 0 aliphatic heterocycles. The average Bonchev–Trinajstić information content (AvgIpc) is 2.45. The third kappa shape index (κ3) is 2.94. The Labute approximate surface area is 112 Å². The van der Waals surface area contributed by atoms with E-state index in [1.54, 1.807) is 13.3 Å². The van der Waals surface area contributed by atoms with E-state index in [9.17, 15) is 5.11 Å². The monoisotopic (exact) mass is 261 g/mol. The number of nitrogens with zero attached hydrogens (tertiary/aromatic N) is 2. The molecule has 0 saturated carbocycles. The number of nitrogen functional groups attached to an aromatic ring is 1. The first-order chi connectivity index (χ1) is 9.27. The van der Waals surface area contributed by atoms with Crippen molar-refractivity contribution in [2.24, 2.45) is 0 Å². The molecule has 5 heteroatoms.